The normalized spacial score (nSPS) is 10.3. The molecule has 1 heterocycles. The first-order valence-corrected chi connectivity index (χ1v) is 8.46. The fraction of sp³-hybridized carbons (Fsp3) is 0.143. The summed E-state index contributed by atoms with van der Waals surface area (Å²) >= 11 is 0. The number of nitrogens with zero attached hydrogens (tertiary/aromatic N) is 1. The van der Waals surface area contributed by atoms with Crippen LogP contribution >= 0.6 is 0 Å². The minimum atomic E-state index is -0.251. The van der Waals surface area contributed by atoms with Crippen LogP contribution in [-0.4, -0.2) is 13.0 Å². The molecule has 1 amide bonds. The predicted molar refractivity (Wildman–Crippen MR) is 100 cm³/mol. The molecule has 0 aliphatic carbocycles. The number of pyridine rings is 1. The molecule has 3 aromatic rings. The van der Waals surface area contributed by atoms with Gasteiger partial charge in [-0.3, -0.25) is 4.79 Å². The Hall–Kier alpha value is -3.54. The fourth-order valence-electron chi connectivity index (χ4n) is 2.53. The van der Waals surface area contributed by atoms with Crippen LogP contribution in [0.4, 0.5) is 0 Å². The van der Waals surface area contributed by atoms with E-state index >= 15 is 0 Å². The van der Waals surface area contributed by atoms with Gasteiger partial charge in [-0.15, -0.1) is 0 Å². The molecule has 0 saturated heterocycles. The van der Waals surface area contributed by atoms with Crippen LogP contribution < -0.4 is 19.5 Å². The van der Waals surface area contributed by atoms with Gasteiger partial charge >= 0.3 is 0 Å². The molecule has 3 rings (SSSR count). The molecule has 138 valence electrons. The van der Waals surface area contributed by atoms with Crippen LogP contribution in [0.15, 0.2) is 73.1 Å². The number of nitrogens with one attached hydrogen (secondary N) is 1. The lowest BCUT2D eigenvalue weighted by molar-refractivity contribution is -0.605. The Morgan fingerprint density at radius 2 is 1.74 bits per heavy atom. The van der Waals surface area contributed by atoms with E-state index in [1.165, 1.54) is 24.5 Å². The second-order valence-electron chi connectivity index (χ2n) is 5.89. The summed E-state index contributed by atoms with van der Waals surface area (Å²) in [6, 6.07) is 18.4. The summed E-state index contributed by atoms with van der Waals surface area (Å²) in [5.41, 5.74) is 2.37. The molecule has 0 aliphatic heterocycles. The van der Waals surface area contributed by atoms with E-state index in [1.807, 2.05) is 48.5 Å². The number of methoxy groups -OCH3 is 1. The Morgan fingerprint density at radius 3 is 2.44 bits per heavy atom. The zero-order chi connectivity index (χ0) is 19.1. The van der Waals surface area contributed by atoms with Crippen molar-refractivity contribution < 1.29 is 19.0 Å². The third-order valence-corrected chi connectivity index (χ3v) is 3.98. The minimum absolute atomic E-state index is 0.251. The standard InChI is InChI=1S/C21H20N2O4/c1-26-20-13-17(14-22-21(24)18-9-11-23(25)12-10-18)7-8-19(20)27-15-16-5-3-2-4-6-16/h2-13H,14-15H2,1H3,(H,22,24). The van der Waals surface area contributed by atoms with Crippen molar-refractivity contribution in [3.05, 3.63) is 95.0 Å². The third-order valence-electron chi connectivity index (χ3n) is 3.98. The van der Waals surface area contributed by atoms with Crippen LogP contribution in [0.25, 0.3) is 0 Å². The van der Waals surface area contributed by atoms with Gasteiger partial charge in [-0.1, -0.05) is 36.4 Å². The van der Waals surface area contributed by atoms with E-state index in [4.69, 9.17) is 9.47 Å². The van der Waals surface area contributed by atoms with Crippen molar-refractivity contribution >= 4 is 5.91 Å². The highest BCUT2D eigenvalue weighted by atomic mass is 16.5. The highest BCUT2D eigenvalue weighted by Gasteiger charge is 2.09. The number of carbonyl (C=O) groups excluding carboxylic acids is 1. The third kappa shape index (κ3) is 4.98. The van der Waals surface area contributed by atoms with Gasteiger partial charge in [-0.2, -0.15) is 4.73 Å². The van der Waals surface area contributed by atoms with Crippen LogP contribution in [0.2, 0.25) is 0 Å². The van der Waals surface area contributed by atoms with E-state index in [0.29, 0.717) is 34.9 Å². The van der Waals surface area contributed by atoms with E-state index < -0.39 is 0 Å². The number of carbonyl (C=O) groups is 1. The molecular formula is C21H20N2O4. The fourth-order valence-corrected chi connectivity index (χ4v) is 2.53. The average molecular weight is 364 g/mol. The summed E-state index contributed by atoms with van der Waals surface area (Å²) < 4.78 is 11.9. The lowest BCUT2D eigenvalue weighted by Gasteiger charge is -2.13. The van der Waals surface area contributed by atoms with Crippen molar-refractivity contribution in [2.45, 2.75) is 13.2 Å². The molecule has 0 fully saturated rings. The molecule has 2 aromatic carbocycles. The Morgan fingerprint density at radius 1 is 1.00 bits per heavy atom. The minimum Gasteiger partial charge on any atom is -0.619 e. The van der Waals surface area contributed by atoms with E-state index in [1.54, 1.807) is 7.11 Å². The quantitative estimate of drug-likeness (QED) is 0.517. The Labute approximate surface area is 157 Å². The van der Waals surface area contributed by atoms with E-state index in [2.05, 4.69) is 5.32 Å². The van der Waals surface area contributed by atoms with Crippen LogP contribution in [0.1, 0.15) is 21.5 Å². The molecule has 1 N–H and O–H groups in total. The largest absolute Gasteiger partial charge is 0.619 e. The van der Waals surface area contributed by atoms with E-state index in [0.717, 1.165) is 11.1 Å². The van der Waals surface area contributed by atoms with Gasteiger partial charge in [-0.25, -0.2) is 0 Å². The van der Waals surface area contributed by atoms with E-state index in [9.17, 15) is 10.0 Å². The molecule has 0 radical (unpaired) electrons. The Kier molecular flexibility index (Phi) is 5.89. The Bertz CT molecular complexity index is 896. The van der Waals surface area contributed by atoms with Gasteiger partial charge in [0.25, 0.3) is 5.91 Å². The van der Waals surface area contributed by atoms with E-state index in [-0.39, 0.29) is 5.91 Å². The molecule has 6 nitrogen and oxygen atoms in total. The number of hydrogen-bond acceptors (Lipinski definition) is 4. The van der Waals surface area contributed by atoms with Crippen molar-refractivity contribution in [2.24, 2.45) is 0 Å². The number of ether oxygens (including phenoxy) is 2. The summed E-state index contributed by atoms with van der Waals surface area (Å²) in [4.78, 5) is 12.1. The second-order valence-corrected chi connectivity index (χ2v) is 5.89. The smallest absolute Gasteiger partial charge is 0.252 e. The van der Waals surface area contributed by atoms with Gasteiger partial charge in [0.2, 0.25) is 0 Å². The van der Waals surface area contributed by atoms with Crippen molar-refractivity contribution in [3.63, 3.8) is 0 Å². The lowest BCUT2D eigenvalue weighted by atomic mass is 10.2. The van der Waals surface area contributed by atoms with Crippen molar-refractivity contribution in [1.29, 1.82) is 0 Å². The zero-order valence-corrected chi connectivity index (χ0v) is 14.9. The summed E-state index contributed by atoms with van der Waals surface area (Å²) in [7, 11) is 1.58. The number of amides is 1. The zero-order valence-electron chi connectivity index (χ0n) is 14.9. The first-order chi connectivity index (χ1) is 13.2. The predicted octanol–water partition coefficient (Wildman–Crippen LogP) is 2.84. The number of rotatable bonds is 7. The monoisotopic (exact) mass is 364 g/mol. The van der Waals surface area contributed by atoms with Crippen molar-refractivity contribution in [2.75, 3.05) is 7.11 Å². The average Bonchev–Trinajstić information content (AvgIpc) is 2.72. The van der Waals surface area contributed by atoms with Gasteiger partial charge in [0, 0.05) is 18.7 Å². The molecule has 0 saturated carbocycles. The topological polar surface area (TPSA) is 74.5 Å². The molecule has 27 heavy (non-hydrogen) atoms. The van der Waals surface area contributed by atoms with Gasteiger partial charge in [0.05, 0.1) is 12.7 Å². The molecule has 1 aromatic heterocycles. The van der Waals surface area contributed by atoms with Crippen LogP contribution in [0, 0.1) is 5.21 Å². The van der Waals surface area contributed by atoms with Crippen LogP contribution in [-0.2, 0) is 13.2 Å². The summed E-state index contributed by atoms with van der Waals surface area (Å²) in [5, 5.41) is 13.8. The van der Waals surface area contributed by atoms with Gasteiger partial charge in [-0.05, 0) is 23.3 Å². The molecule has 0 spiro atoms. The molecule has 0 bridgehead atoms. The maximum absolute atomic E-state index is 12.1. The van der Waals surface area contributed by atoms with Crippen molar-refractivity contribution in [3.8, 4) is 11.5 Å². The summed E-state index contributed by atoms with van der Waals surface area (Å²) in [6.45, 7) is 0.779. The van der Waals surface area contributed by atoms with Crippen molar-refractivity contribution in [1.82, 2.24) is 5.32 Å². The molecular weight excluding hydrogens is 344 g/mol. The number of benzene rings is 2. The molecule has 0 aliphatic rings. The number of hydrogen-bond donors (Lipinski definition) is 1. The molecule has 0 atom stereocenters. The van der Waals surface area contributed by atoms with Gasteiger partial charge in [0.1, 0.15) is 6.61 Å². The van der Waals surface area contributed by atoms with Gasteiger partial charge < -0.3 is 20.0 Å². The molecule has 6 heteroatoms. The first-order valence-electron chi connectivity index (χ1n) is 8.46. The second kappa shape index (κ2) is 8.71. The number of aromatic nitrogens is 1. The van der Waals surface area contributed by atoms with Crippen LogP contribution in [0.3, 0.4) is 0 Å². The highest BCUT2D eigenvalue weighted by molar-refractivity contribution is 5.93. The maximum atomic E-state index is 12.1. The lowest BCUT2D eigenvalue weighted by Crippen LogP contribution is -2.27. The highest BCUT2D eigenvalue weighted by Crippen LogP contribution is 2.28. The Balaban J connectivity index is 1.61. The van der Waals surface area contributed by atoms with Gasteiger partial charge in [0.15, 0.2) is 23.9 Å². The summed E-state index contributed by atoms with van der Waals surface area (Å²) in [6.07, 6.45) is 2.58. The maximum Gasteiger partial charge on any atom is 0.252 e. The molecule has 0 unspecified atom stereocenters. The van der Waals surface area contributed by atoms with Crippen LogP contribution in [0.5, 0.6) is 11.5 Å². The SMILES string of the molecule is COc1cc(CNC(=O)c2cc[n+]([O-])cc2)ccc1OCc1ccccc1. The summed E-state index contributed by atoms with van der Waals surface area (Å²) in [5.74, 6) is 0.989. The first kappa shape index (κ1) is 18.3.